The lowest BCUT2D eigenvalue weighted by Crippen LogP contribution is -2.37. The summed E-state index contributed by atoms with van der Waals surface area (Å²) in [5.74, 6) is 1.89. The average molecular weight is 377 g/mol. The van der Waals surface area contributed by atoms with Gasteiger partial charge in [0.1, 0.15) is 5.82 Å². The number of rotatable bonds is 6. The quantitative estimate of drug-likeness (QED) is 0.457. The van der Waals surface area contributed by atoms with Crippen molar-refractivity contribution in [2.24, 2.45) is 4.99 Å². The lowest BCUT2D eigenvalue weighted by molar-refractivity contribution is 0.794. The van der Waals surface area contributed by atoms with E-state index in [1.807, 2.05) is 6.20 Å². The molecule has 1 aliphatic rings. The van der Waals surface area contributed by atoms with Gasteiger partial charge in [0.25, 0.3) is 0 Å². The van der Waals surface area contributed by atoms with Gasteiger partial charge in [0.05, 0.1) is 0 Å². The number of para-hydroxylation sites is 1. The Labute approximate surface area is 166 Å². The van der Waals surface area contributed by atoms with Gasteiger partial charge < -0.3 is 20.5 Å². The van der Waals surface area contributed by atoms with E-state index in [-0.39, 0.29) is 0 Å². The van der Waals surface area contributed by atoms with E-state index < -0.39 is 0 Å². The first-order valence-electron chi connectivity index (χ1n) is 10.0. The highest BCUT2D eigenvalue weighted by molar-refractivity contribution is 5.83. The molecule has 0 saturated carbocycles. The Morgan fingerprint density at radius 3 is 2.79 bits per heavy atom. The maximum absolute atomic E-state index is 4.61. The number of nitrogens with one attached hydrogen (secondary N) is 3. The Hall–Kier alpha value is -3.02. The molecule has 0 radical (unpaired) electrons. The van der Waals surface area contributed by atoms with Crippen molar-refractivity contribution in [1.82, 2.24) is 20.6 Å². The van der Waals surface area contributed by atoms with Gasteiger partial charge in [0, 0.05) is 56.5 Å². The molecule has 0 aliphatic carbocycles. The molecule has 3 aromatic rings. The smallest absolute Gasteiger partial charge is 0.191 e. The van der Waals surface area contributed by atoms with Crippen LogP contribution in [0.2, 0.25) is 0 Å². The van der Waals surface area contributed by atoms with E-state index in [4.69, 9.17) is 0 Å². The molecule has 1 aliphatic heterocycles. The molecule has 3 N–H and O–H groups in total. The molecule has 28 heavy (non-hydrogen) atoms. The van der Waals surface area contributed by atoms with E-state index in [1.54, 1.807) is 7.05 Å². The van der Waals surface area contributed by atoms with Gasteiger partial charge in [-0.25, -0.2) is 4.98 Å². The van der Waals surface area contributed by atoms with E-state index in [9.17, 15) is 0 Å². The molecule has 1 saturated heterocycles. The number of aromatic amines is 1. The molecule has 3 heterocycles. The summed E-state index contributed by atoms with van der Waals surface area (Å²) in [5, 5.41) is 8.05. The second kappa shape index (κ2) is 8.78. The number of fused-ring (bicyclic) bond motifs is 1. The van der Waals surface area contributed by atoms with Gasteiger partial charge in [-0.15, -0.1) is 0 Å². The number of benzene rings is 1. The van der Waals surface area contributed by atoms with Crippen molar-refractivity contribution in [3.8, 4) is 0 Å². The highest BCUT2D eigenvalue weighted by Gasteiger charge is 2.13. The molecule has 0 amide bonds. The number of hydrogen-bond donors (Lipinski definition) is 3. The Morgan fingerprint density at radius 1 is 1.14 bits per heavy atom. The minimum absolute atomic E-state index is 0.708. The standard InChI is InChI=1S/C22H28N6/c1-23-22(24-11-10-18-16-25-20-7-3-2-6-19(18)20)27-15-17-8-9-21(26-14-17)28-12-4-5-13-28/h2-3,6-9,14,16,25H,4-5,10-13,15H2,1H3,(H2,23,24,27). The average Bonchev–Trinajstić information content (AvgIpc) is 3.41. The zero-order valence-electron chi connectivity index (χ0n) is 16.4. The Morgan fingerprint density at radius 2 is 2.00 bits per heavy atom. The van der Waals surface area contributed by atoms with Crippen LogP contribution in [0.25, 0.3) is 10.9 Å². The highest BCUT2D eigenvalue weighted by atomic mass is 15.2. The first-order valence-corrected chi connectivity index (χ1v) is 10.0. The van der Waals surface area contributed by atoms with Crippen LogP contribution in [0.3, 0.4) is 0 Å². The lowest BCUT2D eigenvalue weighted by Gasteiger charge is -2.16. The van der Waals surface area contributed by atoms with Gasteiger partial charge in [-0.1, -0.05) is 24.3 Å². The second-order valence-corrected chi connectivity index (χ2v) is 7.18. The monoisotopic (exact) mass is 376 g/mol. The van der Waals surface area contributed by atoms with Crippen molar-refractivity contribution in [3.05, 3.63) is 59.9 Å². The third-order valence-electron chi connectivity index (χ3n) is 5.28. The van der Waals surface area contributed by atoms with Crippen molar-refractivity contribution < 1.29 is 0 Å². The number of anilines is 1. The molecule has 0 bridgehead atoms. The van der Waals surface area contributed by atoms with Crippen LogP contribution in [-0.2, 0) is 13.0 Å². The van der Waals surface area contributed by atoms with E-state index in [2.05, 4.69) is 73.1 Å². The fraction of sp³-hybridized carbons (Fsp3) is 0.364. The van der Waals surface area contributed by atoms with Crippen molar-refractivity contribution in [1.29, 1.82) is 0 Å². The largest absolute Gasteiger partial charge is 0.361 e. The SMILES string of the molecule is CN=C(NCCc1c[nH]c2ccccc12)NCc1ccc(N2CCCC2)nc1. The second-order valence-electron chi connectivity index (χ2n) is 7.18. The number of aromatic nitrogens is 2. The van der Waals surface area contributed by atoms with Crippen molar-refractivity contribution >= 4 is 22.7 Å². The summed E-state index contributed by atoms with van der Waals surface area (Å²) in [5.41, 5.74) is 3.66. The number of pyridine rings is 1. The molecule has 0 unspecified atom stereocenters. The molecule has 6 nitrogen and oxygen atoms in total. The number of guanidine groups is 1. The maximum atomic E-state index is 4.61. The zero-order valence-corrected chi connectivity index (χ0v) is 16.4. The zero-order chi connectivity index (χ0) is 19.2. The third kappa shape index (κ3) is 4.27. The highest BCUT2D eigenvalue weighted by Crippen LogP contribution is 2.18. The maximum Gasteiger partial charge on any atom is 0.191 e. The molecule has 1 aromatic carbocycles. The first kappa shape index (κ1) is 18.3. The minimum Gasteiger partial charge on any atom is -0.361 e. The summed E-state index contributed by atoms with van der Waals surface area (Å²) in [7, 11) is 1.80. The van der Waals surface area contributed by atoms with Crippen LogP contribution in [0.1, 0.15) is 24.0 Å². The molecule has 0 atom stereocenters. The van der Waals surface area contributed by atoms with Crippen LogP contribution in [0.5, 0.6) is 0 Å². The predicted octanol–water partition coefficient (Wildman–Crippen LogP) is 3.07. The van der Waals surface area contributed by atoms with Gasteiger partial charge in [-0.05, 0) is 42.5 Å². The van der Waals surface area contributed by atoms with Gasteiger partial charge in [0.2, 0.25) is 0 Å². The lowest BCUT2D eigenvalue weighted by atomic mass is 10.1. The number of H-pyrrole nitrogens is 1. The topological polar surface area (TPSA) is 68.3 Å². The van der Waals surface area contributed by atoms with Crippen LogP contribution in [0.4, 0.5) is 5.82 Å². The summed E-state index contributed by atoms with van der Waals surface area (Å²) in [6.45, 7) is 3.78. The van der Waals surface area contributed by atoms with E-state index in [1.165, 1.54) is 29.3 Å². The fourth-order valence-corrected chi connectivity index (χ4v) is 3.71. The van der Waals surface area contributed by atoms with Crippen LogP contribution in [-0.4, -0.2) is 42.6 Å². The summed E-state index contributed by atoms with van der Waals surface area (Å²) in [6, 6.07) is 12.7. The molecule has 0 spiro atoms. The summed E-state index contributed by atoms with van der Waals surface area (Å²) >= 11 is 0. The van der Waals surface area contributed by atoms with E-state index in [0.29, 0.717) is 6.54 Å². The summed E-state index contributed by atoms with van der Waals surface area (Å²) in [4.78, 5) is 14.6. The van der Waals surface area contributed by atoms with Crippen molar-refractivity contribution in [3.63, 3.8) is 0 Å². The Bertz CT molecular complexity index is 922. The molecular weight excluding hydrogens is 348 g/mol. The predicted molar refractivity (Wildman–Crippen MR) is 116 cm³/mol. The van der Waals surface area contributed by atoms with Gasteiger partial charge in [0.15, 0.2) is 5.96 Å². The third-order valence-corrected chi connectivity index (χ3v) is 5.28. The molecule has 1 fully saturated rings. The number of aliphatic imine (C=N–C) groups is 1. The van der Waals surface area contributed by atoms with Crippen LogP contribution in [0.15, 0.2) is 53.8 Å². The molecule has 146 valence electrons. The van der Waals surface area contributed by atoms with E-state index in [0.717, 1.165) is 43.4 Å². The van der Waals surface area contributed by atoms with Crippen molar-refractivity contribution in [2.75, 3.05) is 31.6 Å². The fourth-order valence-electron chi connectivity index (χ4n) is 3.71. The van der Waals surface area contributed by atoms with E-state index >= 15 is 0 Å². The Kier molecular flexibility index (Phi) is 5.75. The van der Waals surface area contributed by atoms with Gasteiger partial charge in [-0.2, -0.15) is 0 Å². The Balaban J connectivity index is 1.25. The minimum atomic E-state index is 0.708. The van der Waals surface area contributed by atoms with Gasteiger partial charge in [-0.3, -0.25) is 4.99 Å². The summed E-state index contributed by atoms with van der Waals surface area (Å²) < 4.78 is 0. The molecule has 4 rings (SSSR count). The number of hydrogen-bond acceptors (Lipinski definition) is 3. The molecular formula is C22H28N6. The normalized spacial score (nSPS) is 14.6. The van der Waals surface area contributed by atoms with Crippen LogP contribution in [0, 0.1) is 0 Å². The number of nitrogens with zero attached hydrogens (tertiary/aromatic N) is 3. The van der Waals surface area contributed by atoms with Gasteiger partial charge >= 0.3 is 0 Å². The van der Waals surface area contributed by atoms with Crippen molar-refractivity contribution in [2.45, 2.75) is 25.8 Å². The molecule has 6 heteroatoms. The van der Waals surface area contributed by atoms with Crippen LogP contribution >= 0.6 is 0 Å². The summed E-state index contributed by atoms with van der Waals surface area (Å²) in [6.07, 6.45) is 7.53. The van der Waals surface area contributed by atoms with Crippen LogP contribution < -0.4 is 15.5 Å². The molecule has 2 aromatic heterocycles. The first-order chi connectivity index (χ1) is 13.8.